The molecule has 0 saturated carbocycles. The van der Waals surface area contributed by atoms with Gasteiger partial charge in [0.1, 0.15) is 5.75 Å². The number of rotatable bonds is 7. The molecule has 0 bridgehead atoms. The van der Waals surface area contributed by atoms with Crippen molar-refractivity contribution >= 4 is 11.8 Å². The van der Waals surface area contributed by atoms with Crippen LogP contribution in [-0.4, -0.2) is 32.5 Å². The summed E-state index contributed by atoms with van der Waals surface area (Å²) in [6.45, 7) is 7.57. The molecule has 2 heterocycles. The molecular formula is C18H19F3N4O3S. The molecule has 0 fully saturated rings. The highest BCUT2D eigenvalue weighted by molar-refractivity contribution is 7.99. The number of alkyl halides is 3. The number of aryl methyl sites for hydroxylation is 3. The topological polar surface area (TPSA) is 87.1 Å². The smallest absolute Gasteiger partial charge is 0.450 e. The number of aromatic nitrogens is 4. The number of halogens is 3. The van der Waals surface area contributed by atoms with Gasteiger partial charge in [-0.1, -0.05) is 12.1 Å². The second kappa shape index (κ2) is 8.44. The van der Waals surface area contributed by atoms with Crippen LogP contribution in [0.25, 0.3) is 11.4 Å². The van der Waals surface area contributed by atoms with Crippen molar-refractivity contribution in [2.45, 2.75) is 50.8 Å². The van der Waals surface area contributed by atoms with Gasteiger partial charge in [-0.2, -0.15) is 18.2 Å². The molecule has 0 aliphatic heterocycles. The highest BCUT2D eigenvalue weighted by atomic mass is 32.2. The normalized spacial score (nSPS) is 12.9. The number of thioether (sulfide) groups is 1. The third kappa shape index (κ3) is 5.28. The van der Waals surface area contributed by atoms with Crippen molar-refractivity contribution in [1.82, 2.24) is 20.3 Å². The van der Waals surface area contributed by atoms with Crippen LogP contribution in [0.15, 0.2) is 26.3 Å². The van der Waals surface area contributed by atoms with Crippen molar-refractivity contribution in [2.75, 3.05) is 6.61 Å². The van der Waals surface area contributed by atoms with E-state index in [9.17, 15) is 13.2 Å². The van der Waals surface area contributed by atoms with Crippen LogP contribution in [-0.2, 0) is 0 Å². The predicted octanol–water partition coefficient (Wildman–Crippen LogP) is 5.23. The van der Waals surface area contributed by atoms with E-state index in [0.717, 1.165) is 16.7 Å². The zero-order valence-electron chi connectivity index (χ0n) is 16.2. The molecule has 0 N–H and O–H groups in total. The standard InChI is InChI=1S/C18H19F3N4O3S/c1-5-12(16-23-24-17(27-16)29-18(19,20)21)8-26-14-9(2)6-13(7-10(14)3)15-22-11(4)28-25-15/h6-7,12H,5,8H2,1-4H3. The van der Waals surface area contributed by atoms with Gasteiger partial charge in [-0.05, 0) is 43.5 Å². The molecule has 1 aromatic carbocycles. The quantitative estimate of drug-likeness (QED) is 0.473. The van der Waals surface area contributed by atoms with Crippen LogP contribution in [0.2, 0.25) is 0 Å². The summed E-state index contributed by atoms with van der Waals surface area (Å²) in [6.07, 6.45) is 0.566. The maximum absolute atomic E-state index is 12.4. The summed E-state index contributed by atoms with van der Waals surface area (Å²) in [6, 6.07) is 3.77. The lowest BCUT2D eigenvalue weighted by molar-refractivity contribution is -0.0337. The van der Waals surface area contributed by atoms with Crippen LogP contribution in [0.3, 0.4) is 0 Å². The van der Waals surface area contributed by atoms with E-state index < -0.39 is 22.5 Å². The van der Waals surface area contributed by atoms with Gasteiger partial charge in [0.05, 0.1) is 12.5 Å². The van der Waals surface area contributed by atoms with E-state index in [0.29, 0.717) is 23.9 Å². The van der Waals surface area contributed by atoms with E-state index in [1.54, 1.807) is 6.92 Å². The van der Waals surface area contributed by atoms with Crippen LogP contribution < -0.4 is 4.74 Å². The average Bonchev–Trinajstić information content (AvgIpc) is 3.25. The molecule has 2 aromatic heterocycles. The van der Waals surface area contributed by atoms with Crippen LogP contribution >= 0.6 is 11.8 Å². The van der Waals surface area contributed by atoms with Crippen LogP contribution in [0.4, 0.5) is 13.2 Å². The molecule has 7 nitrogen and oxygen atoms in total. The van der Waals surface area contributed by atoms with E-state index >= 15 is 0 Å². The van der Waals surface area contributed by atoms with E-state index in [2.05, 4.69) is 20.3 Å². The predicted molar refractivity (Wildman–Crippen MR) is 98.7 cm³/mol. The zero-order chi connectivity index (χ0) is 21.2. The number of ether oxygens (including phenoxy) is 1. The molecule has 0 aliphatic rings. The van der Waals surface area contributed by atoms with Crippen molar-refractivity contribution in [3.8, 4) is 17.1 Å². The van der Waals surface area contributed by atoms with E-state index in [4.69, 9.17) is 13.7 Å². The Kier molecular flexibility index (Phi) is 6.15. The maximum Gasteiger partial charge on any atom is 0.450 e. The summed E-state index contributed by atoms with van der Waals surface area (Å²) >= 11 is -0.431. The lowest BCUT2D eigenvalue weighted by Gasteiger charge is -2.16. The van der Waals surface area contributed by atoms with Gasteiger partial charge in [0.25, 0.3) is 5.22 Å². The Balaban J connectivity index is 1.72. The van der Waals surface area contributed by atoms with Crippen LogP contribution in [0.1, 0.15) is 42.2 Å². The van der Waals surface area contributed by atoms with Gasteiger partial charge in [-0.25, -0.2) is 0 Å². The first-order valence-electron chi connectivity index (χ1n) is 8.80. The highest BCUT2D eigenvalue weighted by Gasteiger charge is 2.33. The van der Waals surface area contributed by atoms with Gasteiger partial charge in [0, 0.05) is 24.2 Å². The summed E-state index contributed by atoms with van der Waals surface area (Å²) in [7, 11) is 0. The van der Waals surface area contributed by atoms with Crippen molar-refractivity contribution in [2.24, 2.45) is 0 Å². The van der Waals surface area contributed by atoms with Gasteiger partial charge >= 0.3 is 5.51 Å². The molecule has 0 saturated heterocycles. The minimum absolute atomic E-state index is 0.119. The summed E-state index contributed by atoms with van der Waals surface area (Å²) in [4.78, 5) is 4.22. The number of hydrogen-bond donors (Lipinski definition) is 0. The van der Waals surface area contributed by atoms with E-state index in [1.807, 2.05) is 32.9 Å². The second-order valence-electron chi connectivity index (χ2n) is 6.45. The molecule has 11 heteroatoms. The molecule has 156 valence electrons. The fourth-order valence-corrected chi connectivity index (χ4v) is 3.20. The average molecular weight is 428 g/mol. The van der Waals surface area contributed by atoms with Gasteiger partial charge in [-0.3, -0.25) is 0 Å². The first-order valence-corrected chi connectivity index (χ1v) is 9.61. The largest absolute Gasteiger partial charge is 0.492 e. The van der Waals surface area contributed by atoms with Crippen molar-refractivity contribution < 1.29 is 26.8 Å². The van der Waals surface area contributed by atoms with Crippen molar-refractivity contribution in [1.29, 1.82) is 0 Å². The maximum atomic E-state index is 12.4. The third-order valence-electron chi connectivity index (χ3n) is 4.14. The summed E-state index contributed by atoms with van der Waals surface area (Å²) in [5.74, 6) is 1.44. The molecule has 0 radical (unpaired) electrons. The van der Waals surface area contributed by atoms with Crippen LogP contribution in [0, 0.1) is 20.8 Å². The SMILES string of the molecule is CCC(COc1c(C)cc(-c2noc(C)n2)cc1C)c1nnc(SC(F)(F)F)o1. The third-order valence-corrected chi connectivity index (χ3v) is 4.71. The first-order chi connectivity index (χ1) is 13.7. The lowest BCUT2D eigenvalue weighted by atomic mass is 10.0. The van der Waals surface area contributed by atoms with Crippen molar-refractivity contribution in [3.63, 3.8) is 0 Å². The second-order valence-corrected chi connectivity index (χ2v) is 7.46. The molecule has 3 aromatic rings. The fourth-order valence-electron chi connectivity index (χ4n) is 2.80. The van der Waals surface area contributed by atoms with Crippen LogP contribution in [0.5, 0.6) is 5.75 Å². The highest BCUT2D eigenvalue weighted by Crippen LogP contribution is 2.37. The molecule has 0 spiro atoms. The molecule has 0 amide bonds. The summed E-state index contributed by atoms with van der Waals surface area (Å²) in [5, 5.41) is 10.6. The van der Waals surface area contributed by atoms with Gasteiger partial charge in [0.15, 0.2) is 0 Å². The van der Waals surface area contributed by atoms with Gasteiger partial charge in [-0.15, -0.1) is 10.2 Å². The Morgan fingerprint density at radius 1 is 1.14 bits per heavy atom. The Bertz CT molecular complexity index is 964. The zero-order valence-corrected chi connectivity index (χ0v) is 17.0. The van der Waals surface area contributed by atoms with E-state index in [1.165, 1.54) is 0 Å². The number of hydrogen-bond acceptors (Lipinski definition) is 8. The fraction of sp³-hybridized carbons (Fsp3) is 0.444. The minimum atomic E-state index is -4.48. The molecule has 1 atom stereocenters. The van der Waals surface area contributed by atoms with Gasteiger partial charge < -0.3 is 13.7 Å². The Morgan fingerprint density at radius 2 is 1.83 bits per heavy atom. The first kappa shape index (κ1) is 21.2. The summed E-state index contributed by atoms with van der Waals surface area (Å²) < 4.78 is 53.5. The molecule has 3 rings (SSSR count). The molecule has 29 heavy (non-hydrogen) atoms. The molecular weight excluding hydrogens is 409 g/mol. The lowest BCUT2D eigenvalue weighted by Crippen LogP contribution is -2.11. The minimum Gasteiger partial charge on any atom is -0.492 e. The van der Waals surface area contributed by atoms with E-state index in [-0.39, 0.29) is 18.4 Å². The molecule has 0 aliphatic carbocycles. The number of benzene rings is 1. The monoisotopic (exact) mass is 428 g/mol. The Morgan fingerprint density at radius 3 is 2.38 bits per heavy atom. The van der Waals surface area contributed by atoms with Crippen molar-refractivity contribution in [3.05, 3.63) is 35.0 Å². The Labute approximate surface area is 169 Å². The molecule has 1 unspecified atom stereocenters. The number of nitrogens with zero attached hydrogens (tertiary/aromatic N) is 4. The Hall–Kier alpha value is -2.56. The van der Waals surface area contributed by atoms with Gasteiger partial charge in [0.2, 0.25) is 17.6 Å². The summed E-state index contributed by atoms with van der Waals surface area (Å²) in [5.41, 5.74) is -1.93.